The summed E-state index contributed by atoms with van der Waals surface area (Å²) in [4.78, 5) is 21.5. The fourth-order valence-electron chi connectivity index (χ4n) is 1.62. The van der Waals surface area contributed by atoms with Crippen LogP contribution in [0.5, 0.6) is 0 Å². The lowest BCUT2D eigenvalue weighted by Gasteiger charge is -2.34. The quantitative estimate of drug-likeness (QED) is 0.278. The third kappa shape index (κ3) is 13.9. The molecule has 0 fully saturated rings. The Kier molecular flexibility index (Phi) is 11.0. The van der Waals surface area contributed by atoms with Crippen LogP contribution in [0, 0.1) is 0 Å². The Labute approximate surface area is 176 Å². The molecular weight excluding hydrogens is 418 g/mol. The van der Waals surface area contributed by atoms with Crippen LogP contribution < -0.4 is 0 Å². The molecule has 29 heavy (non-hydrogen) atoms. The van der Waals surface area contributed by atoms with Crippen LogP contribution in [-0.4, -0.2) is 40.5 Å². The molecule has 2 atom stereocenters. The molecule has 0 aliphatic heterocycles. The van der Waals surface area contributed by atoms with Gasteiger partial charge in [0, 0.05) is 53.4 Å². The molecule has 10 heteroatoms. The van der Waals surface area contributed by atoms with Gasteiger partial charge in [-0.15, -0.1) is 0 Å². The van der Waals surface area contributed by atoms with E-state index in [4.69, 9.17) is 18.5 Å². The third-order valence-electron chi connectivity index (χ3n) is 3.24. The third-order valence-corrected chi connectivity index (χ3v) is 8.17. The van der Waals surface area contributed by atoms with Crippen LogP contribution in [0.2, 0.25) is 0 Å². The Morgan fingerprint density at radius 3 is 1.38 bits per heavy atom. The zero-order valence-corrected chi connectivity index (χ0v) is 21.9. The van der Waals surface area contributed by atoms with Gasteiger partial charge < -0.3 is 9.47 Å². The first-order chi connectivity index (χ1) is 12.4. The first kappa shape index (κ1) is 30.4. The van der Waals surface area contributed by atoms with E-state index in [1.165, 1.54) is 13.8 Å². The molecule has 2 unspecified atom stereocenters. The minimum Gasteiger partial charge on any atom is -0.433 e. The molecule has 0 aliphatic rings. The normalized spacial score (nSPS) is 15.4. The molecule has 0 rings (SSSR count). The maximum atomic E-state index is 12.2. The predicted molar refractivity (Wildman–Crippen MR) is 115 cm³/mol. The molecule has 0 spiro atoms. The smallest absolute Gasteiger partial charge is 0.433 e. The molecule has 0 N–H and O–H groups in total. The second-order valence-corrected chi connectivity index (χ2v) is 14.9. The van der Waals surface area contributed by atoms with Crippen LogP contribution in [0.15, 0.2) is 0 Å². The first-order valence-corrected chi connectivity index (χ1v) is 12.5. The molecule has 0 aromatic carbocycles. The highest BCUT2D eigenvalue weighted by Gasteiger charge is 2.44. The van der Waals surface area contributed by atoms with Crippen molar-refractivity contribution in [2.24, 2.45) is 0 Å². The second-order valence-electron chi connectivity index (χ2n) is 9.61. The molecule has 0 bridgehead atoms. The molecule has 0 saturated heterocycles. The molecular formula is C19H39O8P2+. The molecule has 0 aliphatic carbocycles. The molecule has 0 heterocycles. The molecule has 0 saturated carbocycles. The Morgan fingerprint density at radius 2 is 1.10 bits per heavy atom. The van der Waals surface area contributed by atoms with E-state index in [0.717, 1.165) is 0 Å². The van der Waals surface area contributed by atoms with Crippen molar-refractivity contribution in [1.29, 1.82) is 0 Å². The monoisotopic (exact) mass is 457 g/mol. The van der Waals surface area contributed by atoms with E-state index < -0.39 is 49.2 Å². The zero-order valence-electron chi connectivity index (χ0n) is 20.2. The van der Waals surface area contributed by atoms with E-state index in [-0.39, 0.29) is 0 Å². The highest BCUT2D eigenvalue weighted by Crippen LogP contribution is 2.57. The van der Waals surface area contributed by atoms with E-state index in [0.29, 0.717) is 0 Å². The average molecular weight is 457 g/mol. The summed E-state index contributed by atoms with van der Waals surface area (Å²) in [5, 5.41) is -0.919. The number of hydrogen-bond acceptors (Lipinski definition) is 8. The number of hydrogen-bond donors (Lipinski definition) is 0. The van der Waals surface area contributed by atoms with Gasteiger partial charge in [0.1, 0.15) is 0 Å². The summed E-state index contributed by atoms with van der Waals surface area (Å²) in [7, 11) is -4.70. The van der Waals surface area contributed by atoms with Gasteiger partial charge in [-0.1, -0.05) is 25.3 Å². The van der Waals surface area contributed by atoms with Gasteiger partial charge in [-0.05, 0) is 25.3 Å². The summed E-state index contributed by atoms with van der Waals surface area (Å²) in [6, 6.07) is 0. The average Bonchev–Trinajstić information content (AvgIpc) is 2.30. The standard InChI is InChI=1S/C10H21O4P.C9H18O4P/c1-8(11)13-10(5,6)14-15(7,12)9(2,3)4;1-7(10)12-9(5,6)13-14(11)8(2,3)4/h1-7H3;1-6H3/q;+1. The second kappa shape index (κ2) is 10.5. The van der Waals surface area contributed by atoms with Gasteiger partial charge in [-0.25, -0.2) is 0 Å². The van der Waals surface area contributed by atoms with E-state index in [1.54, 1.807) is 55.1 Å². The van der Waals surface area contributed by atoms with Gasteiger partial charge >= 0.3 is 20.0 Å². The lowest BCUT2D eigenvalue weighted by Crippen LogP contribution is -2.32. The summed E-state index contributed by atoms with van der Waals surface area (Å²) in [6.07, 6.45) is 0. The molecule has 0 radical (unpaired) electrons. The van der Waals surface area contributed by atoms with Crippen molar-refractivity contribution < 1.29 is 37.2 Å². The maximum absolute atomic E-state index is 12.2. The van der Waals surface area contributed by atoms with Crippen molar-refractivity contribution in [3.8, 4) is 0 Å². The Balaban J connectivity index is 0. The highest BCUT2D eigenvalue weighted by molar-refractivity contribution is 7.59. The lowest BCUT2D eigenvalue weighted by atomic mass is 10.3. The van der Waals surface area contributed by atoms with E-state index in [1.807, 2.05) is 20.8 Å². The van der Waals surface area contributed by atoms with Gasteiger partial charge in [-0.2, -0.15) is 0 Å². The number of carbonyl (C=O) groups is 2. The van der Waals surface area contributed by atoms with Gasteiger partial charge in [0.2, 0.25) is 13.2 Å². The van der Waals surface area contributed by atoms with E-state index in [9.17, 15) is 18.7 Å². The summed E-state index contributed by atoms with van der Waals surface area (Å²) >= 11 is 0. The Hall–Kier alpha value is -0.810. The number of ether oxygens (including phenoxy) is 2. The van der Waals surface area contributed by atoms with E-state index >= 15 is 0 Å². The number of rotatable bonds is 6. The van der Waals surface area contributed by atoms with Gasteiger partial charge in [-0.3, -0.25) is 18.7 Å². The van der Waals surface area contributed by atoms with Crippen LogP contribution in [0.3, 0.4) is 0 Å². The van der Waals surface area contributed by atoms with Crippen LogP contribution in [-0.2, 0) is 37.2 Å². The molecule has 0 amide bonds. The fourth-order valence-corrected chi connectivity index (χ4v) is 3.48. The molecule has 8 nitrogen and oxygen atoms in total. The zero-order chi connectivity index (χ0) is 24.1. The summed E-state index contributed by atoms with van der Waals surface area (Å²) in [5.41, 5.74) is 0. The number of esters is 2. The molecule has 0 aromatic rings. The van der Waals surface area contributed by atoms with Crippen molar-refractivity contribution in [2.75, 3.05) is 6.66 Å². The van der Waals surface area contributed by atoms with Crippen molar-refractivity contribution in [2.45, 2.75) is 105 Å². The van der Waals surface area contributed by atoms with Crippen molar-refractivity contribution in [3.05, 3.63) is 0 Å². The van der Waals surface area contributed by atoms with Crippen molar-refractivity contribution >= 4 is 27.3 Å². The molecule has 172 valence electrons. The van der Waals surface area contributed by atoms with Gasteiger partial charge in [0.15, 0.2) is 5.16 Å². The summed E-state index contributed by atoms with van der Waals surface area (Å²) in [5.74, 6) is -3.18. The minimum atomic E-state index is -2.83. The van der Waals surface area contributed by atoms with Crippen LogP contribution in [0.1, 0.15) is 83.1 Å². The van der Waals surface area contributed by atoms with Crippen molar-refractivity contribution in [1.82, 2.24) is 0 Å². The minimum absolute atomic E-state index is 0.450. The predicted octanol–water partition coefficient (Wildman–Crippen LogP) is 5.85. The first-order valence-electron chi connectivity index (χ1n) is 9.26. The largest absolute Gasteiger partial charge is 0.517 e. The van der Waals surface area contributed by atoms with Gasteiger partial charge in [0.25, 0.3) is 5.79 Å². The van der Waals surface area contributed by atoms with Gasteiger partial charge in [0.05, 0.1) is 0 Å². The SMILES string of the molecule is CC(=O)OC(C)(C)OP(C)(=O)C(C)(C)C.CC(=O)OC(C)(C)O[P+](=O)C(C)(C)C. The lowest BCUT2D eigenvalue weighted by molar-refractivity contribution is -0.184. The fraction of sp³-hybridized carbons (Fsp3) is 0.895. The molecule has 0 aromatic heterocycles. The Bertz CT molecular complexity index is 640. The Morgan fingerprint density at radius 1 is 0.759 bits per heavy atom. The van der Waals surface area contributed by atoms with Crippen LogP contribution in [0.4, 0.5) is 0 Å². The van der Waals surface area contributed by atoms with Crippen molar-refractivity contribution in [3.63, 3.8) is 0 Å². The topological polar surface area (TPSA) is 105 Å². The summed E-state index contributed by atoms with van der Waals surface area (Å²) < 4.78 is 44.2. The van der Waals surface area contributed by atoms with E-state index in [2.05, 4.69) is 0 Å². The van der Waals surface area contributed by atoms with Crippen LogP contribution in [0.25, 0.3) is 0 Å². The van der Waals surface area contributed by atoms with Crippen LogP contribution >= 0.6 is 15.4 Å². The maximum Gasteiger partial charge on any atom is 0.517 e. The highest BCUT2D eigenvalue weighted by atomic mass is 31.2. The summed E-state index contributed by atoms with van der Waals surface area (Å²) in [6.45, 7) is 21.3. The number of carbonyl (C=O) groups excluding carboxylic acids is 2.